The molecule has 0 saturated carbocycles. The second-order valence-electron chi connectivity index (χ2n) is 27.2. The van der Waals surface area contributed by atoms with Gasteiger partial charge in [-0.05, 0) is 180 Å². The molecule has 12 rings (SSSR count). The molecule has 1 aromatic heterocycles. The van der Waals surface area contributed by atoms with Crippen molar-refractivity contribution in [2.45, 2.75) is 162 Å². The van der Waals surface area contributed by atoms with Gasteiger partial charge in [-0.15, -0.1) is 11.3 Å². The van der Waals surface area contributed by atoms with E-state index in [1.165, 1.54) is 134 Å². The van der Waals surface area contributed by atoms with E-state index in [4.69, 9.17) is 0 Å². The van der Waals surface area contributed by atoms with Crippen LogP contribution in [-0.2, 0) is 32.5 Å². The van der Waals surface area contributed by atoms with Gasteiger partial charge in [0.1, 0.15) is 0 Å². The lowest BCUT2D eigenvalue weighted by Gasteiger charge is -2.46. The molecule has 7 aromatic carbocycles. The summed E-state index contributed by atoms with van der Waals surface area (Å²) in [5.41, 5.74) is 25.7. The highest BCUT2D eigenvalue weighted by Crippen LogP contribution is 2.56. The molecule has 8 aromatic rings. The normalized spacial score (nSPS) is 17.9. The van der Waals surface area contributed by atoms with E-state index in [2.05, 4.69) is 247 Å². The van der Waals surface area contributed by atoms with Crippen LogP contribution in [0.4, 0.5) is 34.1 Å². The zero-order chi connectivity index (χ0) is 51.5. The lowest BCUT2D eigenvalue weighted by Crippen LogP contribution is -2.60. The third kappa shape index (κ3) is 7.53. The average molecular weight is 975 g/mol. The van der Waals surface area contributed by atoms with Crippen LogP contribution < -0.4 is 25.5 Å². The van der Waals surface area contributed by atoms with Gasteiger partial charge in [-0.25, -0.2) is 0 Å². The van der Waals surface area contributed by atoms with Crippen molar-refractivity contribution in [3.63, 3.8) is 0 Å². The molecule has 0 bridgehead atoms. The lowest BCUT2D eigenvalue weighted by molar-refractivity contribution is 0.332. The van der Waals surface area contributed by atoms with Crippen molar-refractivity contribution in [3.8, 4) is 22.3 Å². The van der Waals surface area contributed by atoms with Gasteiger partial charge in [-0.3, -0.25) is 0 Å². The molecule has 2 nitrogen and oxygen atoms in total. The second-order valence-corrected chi connectivity index (χ2v) is 28.3. The van der Waals surface area contributed by atoms with Gasteiger partial charge in [0.2, 0.25) is 0 Å². The van der Waals surface area contributed by atoms with E-state index in [9.17, 15) is 0 Å². The summed E-state index contributed by atoms with van der Waals surface area (Å²) in [5.74, 6) is 0. The molecule has 0 unspecified atom stereocenters. The maximum absolute atomic E-state index is 2.73. The molecular formula is C69H75BN2S. The minimum Gasteiger partial charge on any atom is -0.311 e. The number of hydrogen-bond acceptors (Lipinski definition) is 3. The summed E-state index contributed by atoms with van der Waals surface area (Å²) in [5, 5.41) is 1.34. The van der Waals surface area contributed by atoms with Crippen molar-refractivity contribution in [2.24, 2.45) is 0 Å². The van der Waals surface area contributed by atoms with Gasteiger partial charge in [0, 0.05) is 43.2 Å². The number of fused-ring (bicyclic) bond motifs is 8. The Morgan fingerprint density at radius 1 is 0.466 bits per heavy atom. The van der Waals surface area contributed by atoms with Crippen LogP contribution in [0.2, 0.25) is 0 Å². The monoisotopic (exact) mass is 975 g/mol. The van der Waals surface area contributed by atoms with Gasteiger partial charge < -0.3 is 9.80 Å². The number of thiophene rings is 1. The van der Waals surface area contributed by atoms with Crippen molar-refractivity contribution in [1.29, 1.82) is 0 Å². The summed E-state index contributed by atoms with van der Waals surface area (Å²) in [6.45, 7) is 36.3. The summed E-state index contributed by atoms with van der Waals surface area (Å²) in [6.07, 6.45) is 4.67. The van der Waals surface area contributed by atoms with Crippen molar-refractivity contribution in [3.05, 3.63) is 172 Å². The van der Waals surface area contributed by atoms with Crippen LogP contribution >= 0.6 is 11.3 Å². The molecule has 2 aliphatic carbocycles. The Morgan fingerprint density at radius 3 is 1.66 bits per heavy atom. The van der Waals surface area contributed by atoms with Crippen LogP contribution in [0.15, 0.2) is 133 Å². The SMILES string of the molecule is Cc1cc2c3c(c1)N(c1ccc4c(c1)C(C)(C)CCC4(C)C)c1c(sc4cc(C(C)(C)C)ccc14)B3c1cc(C(C)(C)C)ccc1N2c1cc2c(cc1-c1ccccc1-c1ccccc1)C(C)(C)CCC2(C)C. The first-order valence-electron chi connectivity index (χ1n) is 27.3. The van der Waals surface area contributed by atoms with E-state index in [1.54, 1.807) is 0 Å². The van der Waals surface area contributed by atoms with Crippen LogP contribution in [0, 0.1) is 6.92 Å². The first-order valence-corrected chi connectivity index (χ1v) is 28.1. The first-order chi connectivity index (χ1) is 34.3. The zero-order valence-electron chi connectivity index (χ0n) is 46.4. The molecule has 4 aliphatic rings. The highest BCUT2D eigenvalue weighted by molar-refractivity contribution is 7.33. The van der Waals surface area contributed by atoms with E-state index in [0.29, 0.717) is 0 Å². The van der Waals surface area contributed by atoms with Gasteiger partial charge in [-0.2, -0.15) is 0 Å². The lowest BCUT2D eigenvalue weighted by atomic mass is 9.36. The van der Waals surface area contributed by atoms with Gasteiger partial charge >= 0.3 is 0 Å². The Hall–Kier alpha value is -5.84. The average Bonchev–Trinajstić information content (AvgIpc) is 3.72. The third-order valence-electron chi connectivity index (χ3n) is 18.1. The van der Waals surface area contributed by atoms with Gasteiger partial charge in [0.25, 0.3) is 6.71 Å². The van der Waals surface area contributed by atoms with Crippen molar-refractivity contribution < 1.29 is 0 Å². The molecule has 0 saturated heterocycles. The minimum atomic E-state index is -0.0491. The van der Waals surface area contributed by atoms with Gasteiger partial charge in [0.15, 0.2) is 0 Å². The number of hydrogen-bond donors (Lipinski definition) is 0. The molecule has 0 N–H and O–H groups in total. The maximum atomic E-state index is 2.73. The Bertz CT molecular complexity index is 3570. The van der Waals surface area contributed by atoms with Crippen LogP contribution in [-0.4, -0.2) is 6.71 Å². The summed E-state index contributed by atoms with van der Waals surface area (Å²) in [6, 6.07) is 53.0. The molecule has 0 radical (unpaired) electrons. The Morgan fingerprint density at radius 2 is 1.01 bits per heavy atom. The number of anilines is 6. The third-order valence-corrected chi connectivity index (χ3v) is 19.4. The second kappa shape index (κ2) is 16.1. The molecule has 3 heterocycles. The molecule has 73 heavy (non-hydrogen) atoms. The fraction of sp³-hybridized carbons (Fsp3) is 0.362. The predicted octanol–water partition coefficient (Wildman–Crippen LogP) is 17.9. The highest BCUT2D eigenvalue weighted by atomic mass is 32.1. The summed E-state index contributed by atoms with van der Waals surface area (Å²) in [7, 11) is 0. The zero-order valence-corrected chi connectivity index (χ0v) is 47.2. The Balaban J connectivity index is 1.22. The Labute approximate surface area is 442 Å². The van der Waals surface area contributed by atoms with E-state index >= 15 is 0 Å². The molecular weight excluding hydrogens is 900 g/mol. The molecule has 0 spiro atoms. The van der Waals surface area contributed by atoms with Crippen molar-refractivity contribution in [1.82, 2.24) is 0 Å². The Kier molecular flexibility index (Phi) is 10.6. The minimum absolute atomic E-state index is 0.00380. The number of aryl methyl sites for hydroxylation is 1. The first kappa shape index (κ1) is 48.1. The van der Waals surface area contributed by atoms with Crippen LogP contribution in [0.5, 0.6) is 0 Å². The van der Waals surface area contributed by atoms with Crippen LogP contribution in [0.3, 0.4) is 0 Å². The molecule has 0 fully saturated rings. The summed E-state index contributed by atoms with van der Waals surface area (Å²) in [4.78, 5) is 5.44. The van der Waals surface area contributed by atoms with E-state index in [1.807, 2.05) is 11.3 Å². The number of benzene rings is 7. The fourth-order valence-corrected chi connectivity index (χ4v) is 14.7. The molecule has 4 heteroatoms. The highest BCUT2D eigenvalue weighted by Gasteiger charge is 2.48. The fourth-order valence-electron chi connectivity index (χ4n) is 13.4. The maximum Gasteiger partial charge on any atom is 0.264 e. The van der Waals surface area contributed by atoms with Crippen LogP contribution in [0.1, 0.15) is 162 Å². The van der Waals surface area contributed by atoms with Crippen molar-refractivity contribution >= 4 is 78.0 Å². The predicted molar refractivity (Wildman–Crippen MR) is 319 cm³/mol. The standard InChI is InChI=1S/C69H75BN2S/c1-42-35-58-61-59(36-42)72(57-41-54-53(68(12,13)33-34-69(54,14)15)40-50(57)48-24-20-19-23-47(48)43-21-17-16-18-22-43)56-30-26-44(64(2,3)4)37-55(56)70(61)63-62(49-28-25-45(65(5,6)7)38-60(49)73-63)71(58)46-27-29-51-52(39-46)67(10,11)32-31-66(51,8)9/h16-30,35-41H,31-34H2,1-15H3. The van der Waals surface area contributed by atoms with Crippen molar-refractivity contribution in [2.75, 3.05) is 9.80 Å². The molecule has 2 aliphatic heterocycles. The number of nitrogens with zero attached hydrogens (tertiary/aromatic N) is 2. The topological polar surface area (TPSA) is 6.48 Å². The summed E-state index contributed by atoms with van der Waals surface area (Å²) < 4.78 is 2.80. The number of rotatable bonds is 4. The summed E-state index contributed by atoms with van der Waals surface area (Å²) >= 11 is 2.03. The van der Waals surface area contributed by atoms with E-state index < -0.39 is 0 Å². The smallest absolute Gasteiger partial charge is 0.264 e. The largest absolute Gasteiger partial charge is 0.311 e. The van der Waals surface area contributed by atoms with Gasteiger partial charge in [-0.1, -0.05) is 182 Å². The molecule has 0 atom stereocenters. The van der Waals surface area contributed by atoms with E-state index in [0.717, 1.165) is 12.8 Å². The van der Waals surface area contributed by atoms with E-state index in [-0.39, 0.29) is 39.2 Å². The van der Waals surface area contributed by atoms with Crippen LogP contribution in [0.25, 0.3) is 32.3 Å². The quantitative estimate of drug-likeness (QED) is 0.162. The molecule has 0 amide bonds. The molecule has 370 valence electrons. The van der Waals surface area contributed by atoms with Gasteiger partial charge in [0.05, 0.1) is 11.4 Å².